The van der Waals surface area contributed by atoms with Crippen molar-refractivity contribution in [2.24, 2.45) is 0 Å². The van der Waals surface area contributed by atoms with Crippen molar-refractivity contribution in [2.75, 3.05) is 43.9 Å². The highest BCUT2D eigenvalue weighted by Crippen LogP contribution is 2.30. The van der Waals surface area contributed by atoms with Crippen LogP contribution in [0.4, 0.5) is 10.9 Å². The SMILES string of the molecule is CN1CCN(c2noc(-c3ccsc3N)n2)CC1. The number of nitrogens with zero attached hydrogens (tertiary/aromatic N) is 4. The maximum absolute atomic E-state index is 5.85. The highest BCUT2D eigenvalue weighted by atomic mass is 32.1. The van der Waals surface area contributed by atoms with Gasteiger partial charge in [0.25, 0.3) is 11.8 Å². The quantitative estimate of drug-likeness (QED) is 0.877. The van der Waals surface area contributed by atoms with Crippen molar-refractivity contribution in [3.63, 3.8) is 0 Å². The van der Waals surface area contributed by atoms with Crippen LogP contribution in [0.2, 0.25) is 0 Å². The first-order chi connectivity index (χ1) is 8.74. The molecule has 0 unspecified atom stereocenters. The van der Waals surface area contributed by atoms with Crippen LogP contribution >= 0.6 is 11.3 Å². The van der Waals surface area contributed by atoms with Crippen LogP contribution in [0, 0.1) is 0 Å². The van der Waals surface area contributed by atoms with E-state index in [2.05, 4.69) is 27.0 Å². The second-order valence-corrected chi connectivity index (χ2v) is 5.34. The normalized spacial score (nSPS) is 17.3. The van der Waals surface area contributed by atoms with Crippen LogP contribution in [0.15, 0.2) is 16.0 Å². The highest BCUT2D eigenvalue weighted by molar-refractivity contribution is 7.14. The Labute approximate surface area is 109 Å². The van der Waals surface area contributed by atoms with Gasteiger partial charge in [0.05, 0.1) is 10.6 Å². The Morgan fingerprint density at radius 1 is 1.33 bits per heavy atom. The maximum atomic E-state index is 5.85. The molecule has 0 amide bonds. The lowest BCUT2D eigenvalue weighted by molar-refractivity contribution is 0.309. The minimum absolute atomic E-state index is 0.502. The Kier molecular flexibility index (Phi) is 2.92. The van der Waals surface area contributed by atoms with Gasteiger partial charge in [-0.15, -0.1) is 11.3 Å². The minimum Gasteiger partial charge on any atom is -0.390 e. The summed E-state index contributed by atoms with van der Waals surface area (Å²) in [6, 6.07) is 1.90. The van der Waals surface area contributed by atoms with Crippen molar-refractivity contribution in [2.45, 2.75) is 0 Å². The number of thiophene rings is 1. The summed E-state index contributed by atoms with van der Waals surface area (Å²) in [5.74, 6) is 1.16. The summed E-state index contributed by atoms with van der Waals surface area (Å²) in [4.78, 5) is 8.84. The van der Waals surface area contributed by atoms with Gasteiger partial charge in [-0.2, -0.15) is 4.98 Å². The van der Waals surface area contributed by atoms with E-state index in [0.717, 1.165) is 31.7 Å². The molecule has 1 fully saturated rings. The fraction of sp³-hybridized carbons (Fsp3) is 0.455. The van der Waals surface area contributed by atoms with Gasteiger partial charge < -0.3 is 20.1 Å². The van der Waals surface area contributed by atoms with E-state index in [1.807, 2.05) is 11.4 Å². The molecule has 3 rings (SSSR count). The number of hydrogen-bond donors (Lipinski definition) is 1. The van der Waals surface area contributed by atoms with Gasteiger partial charge in [0, 0.05) is 26.2 Å². The molecule has 6 nitrogen and oxygen atoms in total. The average molecular weight is 265 g/mol. The first kappa shape index (κ1) is 11.5. The summed E-state index contributed by atoms with van der Waals surface area (Å²) >= 11 is 1.47. The molecule has 2 N–H and O–H groups in total. The molecule has 96 valence electrons. The lowest BCUT2D eigenvalue weighted by atomic mass is 10.3. The summed E-state index contributed by atoms with van der Waals surface area (Å²) in [6.45, 7) is 3.89. The zero-order valence-electron chi connectivity index (χ0n) is 10.2. The molecule has 0 aliphatic carbocycles. The molecule has 2 aromatic heterocycles. The molecule has 3 heterocycles. The topological polar surface area (TPSA) is 71.4 Å². The maximum Gasteiger partial charge on any atom is 0.266 e. The molecule has 0 spiro atoms. The van der Waals surface area contributed by atoms with E-state index >= 15 is 0 Å². The summed E-state index contributed by atoms with van der Waals surface area (Å²) in [5.41, 5.74) is 6.68. The van der Waals surface area contributed by atoms with Crippen LogP contribution in [0.1, 0.15) is 0 Å². The van der Waals surface area contributed by atoms with Crippen molar-refractivity contribution < 1.29 is 4.52 Å². The van der Waals surface area contributed by atoms with E-state index in [1.165, 1.54) is 11.3 Å². The third-order valence-corrected chi connectivity index (χ3v) is 3.87. The number of anilines is 2. The van der Waals surface area contributed by atoms with Crippen LogP contribution in [-0.4, -0.2) is 48.3 Å². The summed E-state index contributed by atoms with van der Waals surface area (Å²) < 4.78 is 5.28. The van der Waals surface area contributed by atoms with E-state index in [0.29, 0.717) is 16.8 Å². The molecular formula is C11H15N5OS. The fourth-order valence-corrected chi connectivity index (χ4v) is 2.59. The number of piperazine rings is 1. The van der Waals surface area contributed by atoms with Gasteiger partial charge in [-0.1, -0.05) is 0 Å². The van der Waals surface area contributed by atoms with E-state index < -0.39 is 0 Å². The van der Waals surface area contributed by atoms with Crippen LogP contribution in [0.3, 0.4) is 0 Å². The molecule has 0 bridgehead atoms. The average Bonchev–Trinajstić information content (AvgIpc) is 2.98. The van der Waals surface area contributed by atoms with Crippen molar-refractivity contribution >= 4 is 22.3 Å². The second kappa shape index (κ2) is 4.58. The van der Waals surface area contributed by atoms with Crippen LogP contribution in [0.5, 0.6) is 0 Å². The monoisotopic (exact) mass is 265 g/mol. The Bertz CT molecular complexity index is 529. The smallest absolute Gasteiger partial charge is 0.266 e. The first-order valence-corrected chi connectivity index (χ1v) is 6.72. The van der Waals surface area contributed by atoms with E-state index in [-0.39, 0.29) is 0 Å². The van der Waals surface area contributed by atoms with Gasteiger partial charge in [0.2, 0.25) is 0 Å². The number of hydrogen-bond acceptors (Lipinski definition) is 7. The minimum atomic E-state index is 0.502. The Balaban J connectivity index is 1.80. The van der Waals surface area contributed by atoms with Crippen LogP contribution in [-0.2, 0) is 0 Å². The highest BCUT2D eigenvalue weighted by Gasteiger charge is 2.20. The van der Waals surface area contributed by atoms with Gasteiger partial charge in [0.15, 0.2) is 0 Å². The van der Waals surface area contributed by atoms with Crippen molar-refractivity contribution in [1.29, 1.82) is 0 Å². The standard InChI is InChI=1S/C11H15N5OS/c1-15-3-5-16(6-4-15)11-13-10(17-14-11)8-2-7-18-9(8)12/h2,7H,3-6,12H2,1H3. The van der Waals surface area contributed by atoms with E-state index in [4.69, 9.17) is 10.3 Å². The Morgan fingerprint density at radius 2 is 2.11 bits per heavy atom. The molecule has 1 aliphatic heterocycles. The molecule has 0 radical (unpaired) electrons. The lowest BCUT2D eigenvalue weighted by Gasteiger charge is -2.31. The number of likely N-dealkylation sites (N-methyl/N-ethyl adjacent to an activating group) is 1. The first-order valence-electron chi connectivity index (χ1n) is 5.84. The fourth-order valence-electron chi connectivity index (χ4n) is 1.96. The summed E-state index contributed by atoms with van der Waals surface area (Å²) in [7, 11) is 2.12. The zero-order valence-corrected chi connectivity index (χ0v) is 11.0. The number of rotatable bonds is 2. The van der Waals surface area contributed by atoms with E-state index in [1.54, 1.807) is 0 Å². The van der Waals surface area contributed by atoms with Crippen LogP contribution in [0.25, 0.3) is 11.5 Å². The molecule has 0 atom stereocenters. The summed E-state index contributed by atoms with van der Waals surface area (Å²) in [5, 5.41) is 6.67. The zero-order chi connectivity index (χ0) is 12.5. The molecule has 7 heteroatoms. The van der Waals surface area contributed by atoms with Gasteiger partial charge in [-0.05, 0) is 23.7 Å². The van der Waals surface area contributed by atoms with Crippen molar-refractivity contribution in [1.82, 2.24) is 15.0 Å². The number of nitrogens with two attached hydrogens (primary N) is 1. The second-order valence-electron chi connectivity index (χ2n) is 4.39. The third kappa shape index (κ3) is 2.06. The van der Waals surface area contributed by atoms with Gasteiger partial charge in [0.1, 0.15) is 0 Å². The lowest BCUT2D eigenvalue weighted by Crippen LogP contribution is -2.44. The van der Waals surface area contributed by atoms with Crippen molar-refractivity contribution in [3.8, 4) is 11.5 Å². The molecule has 1 aliphatic rings. The van der Waals surface area contributed by atoms with Gasteiger partial charge >= 0.3 is 0 Å². The number of aromatic nitrogens is 2. The molecule has 1 saturated heterocycles. The molecular weight excluding hydrogens is 250 g/mol. The Hall–Kier alpha value is -1.60. The predicted molar refractivity (Wildman–Crippen MR) is 71.7 cm³/mol. The number of nitrogen functional groups attached to an aromatic ring is 1. The predicted octanol–water partition coefficient (Wildman–Crippen LogP) is 1.13. The van der Waals surface area contributed by atoms with E-state index in [9.17, 15) is 0 Å². The molecule has 18 heavy (non-hydrogen) atoms. The Morgan fingerprint density at radius 3 is 2.78 bits per heavy atom. The molecule has 0 saturated carbocycles. The molecule has 0 aromatic carbocycles. The summed E-state index contributed by atoms with van der Waals surface area (Å²) in [6.07, 6.45) is 0. The van der Waals surface area contributed by atoms with Crippen LogP contribution < -0.4 is 10.6 Å². The van der Waals surface area contributed by atoms with Gasteiger partial charge in [-0.3, -0.25) is 0 Å². The largest absolute Gasteiger partial charge is 0.390 e. The van der Waals surface area contributed by atoms with Gasteiger partial charge in [-0.25, -0.2) is 0 Å². The molecule has 2 aromatic rings. The van der Waals surface area contributed by atoms with Crippen molar-refractivity contribution in [3.05, 3.63) is 11.4 Å². The third-order valence-electron chi connectivity index (χ3n) is 3.13.